The summed E-state index contributed by atoms with van der Waals surface area (Å²) in [4.78, 5) is 11.6. The second-order valence-electron chi connectivity index (χ2n) is 4.02. The minimum Gasteiger partial charge on any atom is -0.294 e. The van der Waals surface area contributed by atoms with Crippen molar-refractivity contribution in [1.29, 1.82) is 0 Å². The van der Waals surface area contributed by atoms with Crippen LogP contribution in [0.1, 0.15) is 30.6 Å². The standard InChI is InChI=1S/C13H16O3S/c1-4-13(14)11-5-7-12(8-6-11)17(15,16)9-10(2)3/h5-8H,2,4,9H2,1,3H3. The fourth-order valence-corrected chi connectivity index (χ4v) is 2.83. The van der Waals surface area contributed by atoms with E-state index in [-0.39, 0.29) is 16.4 Å². The lowest BCUT2D eigenvalue weighted by Crippen LogP contribution is -2.07. The first-order valence-electron chi connectivity index (χ1n) is 5.37. The molecule has 3 nitrogen and oxygen atoms in total. The molecule has 0 unspecified atom stereocenters. The van der Waals surface area contributed by atoms with E-state index in [1.54, 1.807) is 26.0 Å². The zero-order valence-electron chi connectivity index (χ0n) is 10.1. The third-order valence-electron chi connectivity index (χ3n) is 2.29. The molecule has 4 heteroatoms. The summed E-state index contributed by atoms with van der Waals surface area (Å²) in [6.07, 6.45) is 0.415. The summed E-state index contributed by atoms with van der Waals surface area (Å²) in [5.41, 5.74) is 1.14. The first-order valence-corrected chi connectivity index (χ1v) is 7.02. The highest BCUT2D eigenvalue weighted by molar-refractivity contribution is 7.91. The van der Waals surface area contributed by atoms with Crippen LogP contribution in [0.3, 0.4) is 0 Å². The Hall–Kier alpha value is -1.42. The van der Waals surface area contributed by atoms with Gasteiger partial charge in [0.2, 0.25) is 0 Å². The molecule has 0 bridgehead atoms. The maximum atomic E-state index is 11.8. The molecule has 0 aliphatic heterocycles. The van der Waals surface area contributed by atoms with Crippen molar-refractivity contribution >= 4 is 15.6 Å². The summed E-state index contributed by atoms with van der Waals surface area (Å²) < 4.78 is 23.7. The monoisotopic (exact) mass is 252 g/mol. The Bertz CT molecular complexity index is 524. The zero-order chi connectivity index (χ0) is 13.1. The lowest BCUT2D eigenvalue weighted by atomic mass is 10.1. The average molecular weight is 252 g/mol. The van der Waals surface area contributed by atoms with Crippen LogP contribution in [-0.4, -0.2) is 20.0 Å². The summed E-state index contributed by atoms with van der Waals surface area (Å²) in [5.74, 6) is -0.0532. The highest BCUT2D eigenvalue weighted by atomic mass is 32.2. The second-order valence-corrected chi connectivity index (χ2v) is 6.01. The van der Waals surface area contributed by atoms with Crippen LogP contribution in [-0.2, 0) is 9.84 Å². The molecule has 92 valence electrons. The fraction of sp³-hybridized carbons (Fsp3) is 0.308. The lowest BCUT2D eigenvalue weighted by Gasteiger charge is -2.05. The van der Waals surface area contributed by atoms with Crippen molar-refractivity contribution < 1.29 is 13.2 Å². The van der Waals surface area contributed by atoms with E-state index in [4.69, 9.17) is 0 Å². The largest absolute Gasteiger partial charge is 0.294 e. The van der Waals surface area contributed by atoms with Crippen LogP contribution >= 0.6 is 0 Å². The highest BCUT2D eigenvalue weighted by Gasteiger charge is 2.14. The van der Waals surface area contributed by atoms with E-state index in [1.807, 2.05) is 0 Å². The smallest absolute Gasteiger partial charge is 0.182 e. The molecule has 0 aliphatic carbocycles. The Balaban J connectivity index is 3.03. The Morgan fingerprint density at radius 2 is 1.76 bits per heavy atom. The molecule has 0 amide bonds. The Kier molecular flexibility index (Phi) is 4.23. The number of benzene rings is 1. The van der Waals surface area contributed by atoms with Crippen LogP contribution in [0.5, 0.6) is 0 Å². The predicted molar refractivity (Wildman–Crippen MR) is 67.9 cm³/mol. The molecule has 0 N–H and O–H groups in total. The first-order chi connectivity index (χ1) is 7.86. The quantitative estimate of drug-likeness (QED) is 0.598. The number of carbonyl (C=O) groups is 1. The minimum atomic E-state index is -3.32. The van der Waals surface area contributed by atoms with E-state index in [1.165, 1.54) is 12.1 Å². The van der Waals surface area contributed by atoms with Gasteiger partial charge in [0.15, 0.2) is 15.6 Å². The van der Waals surface area contributed by atoms with Gasteiger partial charge >= 0.3 is 0 Å². The van der Waals surface area contributed by atoms with Gasteiger partial charge in [-0.05, 0) is 19.1 Å². The van der Waals surface area contributed by atoms with Gasteiger partial charge in [-0.2, -0.15) is 0 Å². The van der Waals surface area contributed by atoms with E-state index in [0.717, 1.165) is 0 Å². The second kappa shape index (κ2) is 5.27. The third-order valence-corrected chi connectivity index (χ3v) is 4.16. The molecule has 1 aromatic carbocycles. The zero-order valence-corrected chi connectivity index (χ0v) is 10.9. The molecule has 0 aromatic heterocycles. The van der Waals surface area contributed by atoms with Gasteiger partial charge in [0.25, 0.3) is 0 Å². The van der Waals surface area contributed by atoms with Gasteiger partial charge in [-0.25, -0.2) is 8.42 Å². The SMILES string of the molecule is C=C(C)CS(=O)(=O)c1ccc(C(=O)CC)cc1. The minimum absolute atomic E-state index is 0.00819. The molecular formula is C13H16O3S. The van der Waals surface area contributed by atoms with Crippen LogP contribution in [0, 0.1) is 0 Å². The highest BCUT2D eigenvalue weighted by Crippen LogP contribution is 2.15. The van der Waals surface area contributed by atoms with Gasteiger partial charge in [-0.3, -0.25) is 4.79 Å². The van der Waals surface area contributed by atoms with Crippen LogP contribution in [0.4, 0.5) is 0 Å². The Morgan fingerprint density at radius 3 is 2.18 bits per heavy atom. The molecule has 0 aliphatic rings. The van der Waals surface area contributed by atoms with E-state index < -0.39 is 9.84 Å². The van der Waals surface area contributed by atoms with E-state index in [2.05, 4.69) is 6.58 Å². The molecule has 0 saturated carbocycles. The Morgan fingerprint density at radius 1 is 1.24 bits per heavy atom. The number of hydrogen-bond donors (Lipinski definition) is 0. The predicted octanol–water partition coefficient (Wildman–Crippen LogP) is 2.63. The number of Topliss-reactive ketones (excluding diaryl/α,β-unsaturated/α-hetero) is 1. The molecule has 0 fully saturated rings. The third kappa shape index (κ3) is 3.53. The van der Waals surface area contributed by atoms with Gasteiger partial charge < -0.3 is 0 Å². The lowest BCUT2D eigenvalue weighted by molar-refractivity contribution is 0.0988. The van der Waals surface area contributed by atoms with Crippen molar-refractivity contribution in [2.45, 2.75) is 25.2 Å². The molecule has 0 saturated heterocycles. The van der Waals surface area contributed by atoms with Crippen molar-refractivity contribution in [2.75, 3.05) is 5.75 Å². The molecular weight excluding hydrogens is 236 g/mol. The van der Waals surface area contributed by atoms with E-state index in [9.17, 15) is 13.2 Å². The van der Waals surface area contributed by atoms with Gasteiger partial charge in [-0.15, -0.1) is 0 Å². The van der Waals surface area contributed by atoms with E-state index >= 15 is 0 Å². The van der Waals surface area contributed by atoms with Gasteiger partial charge in [0.1, 0.15) is 0 Å². The summed E-state index contributed by atoms with van der Waals surface area (Å²) in [5, 5.41) is 0. The van der Waals surface area contributed by atoms with Gasteiger partial charge in [0.05, 0.1) is 10.6 Å². The number of sulfone groups is 1. The Labute approximate surface area is 102 Å². The average Bonchev–Trinajstić information content (AvgIpc) is 2.26. The van der Waals surface area contributed by atoms with Crippen molar-refractivity contribution in [1.82, 2.24) is 0 Å². The summed E-state index contributed by atoms with van der Waals surface area (Å²) in [7, 11) is -3.32. The number of carbonyl (C=O) groups excluding carboxylic acids is 1. The van der Waals surface area contributed by atoms with Gasteiger partial charge in [0, 0.05) is 12.0 Å². The summed E-state index contributed by atoms with van der Waals surface area (Å²) >= 11 is 0. The molecule has 17 heavy (non-hydrogen) atoms. The van der Waals surface area contributed by atoms with Crippen molar-refractivity contribution in [3.05, 3.63) is 42.0 Å². The van der Waals surface area contributed by atoms with Crippen LogP contribution in [0.15, 0.2) is 41.3 Å². The molecule has 0 spiro atoms. The molecule has 0 radical (unpaired) electrons. The number of hydrogen-bond acceptors (Lipinski definition) is 3. The van der Waals surface area contributed by atoms with Crippen LogP contribution in [0.2, 0.25) is 0 Å². The maximum absolute atomic E-state index is 11.8. The number of rotatable bonds is 5. The summed E-state index contributed by atoms with van der Waals surface area (Å²) in [6.45, 7) is 7.04. The molecule has 0 heterocycles. The first kappa shape index (κ1) is 13.6. The van der Waals surface area contributed by atoms with Crippen molar-refractivity contribution in [3.8, 4) is 0 Å². The van der Waals surface area contributed by atoms with Crippen LogP contribution < -0.4 is 0 Å². The normalized spacial score (nSPS) is 11.2. The van der Waals surface area contributed by atoms with Crippen molar-refractivity contribution in [3.63, 3.8) is 0 Å². The number of ketones is 1. The molecule has 0 atom stereocenters. The molecule has 1 aromatic rings. The molecule has 1 rings (SSSR count). The fourth-order valence-electron chi connectivity index (χ4n) is 1.46. The topological polar surface area (TPSA) is 51.2 Å². The summed E-state index contributed by atoms with van der Waals surface area (Å²) in [6, 6.07) is 6.05. The van der Waals surface area contributed by atoms with E-state index in [0.29, 0.717) is 17.6 Å². The van der Waals surface area contributed by atoms with Crippen LogP contribution in [0.25, 0.3) is 0 Å². The van der Waals surface area contributed by atoms with Gasteiger partial charge in [-0.1, -0.05) is 31.2 Å². The maximum Gasteiger partial charge on any atom is 0.182 e. The van der Waals surface area contributed by atoms with Crippen molar-refractivity contribution in [2.24, 2.45) is 0 Å².